The molecule has 0 aromatic rings. The Morgan fingerprint density at radius 1 is 0.265 bits per heavy atom. The van der Waals surface area contributed by atoms with Gasteiger partial charge in [0.25, 0.3) is 0 Å². The number of aliphatic hydroxyl groups excluding tert-OH is 1. The standard InChI is InChI=1S/C40H92O22Si5.W/c1-42-63(43-2,44-3)26-16-21-57-32-39(31-41,33-58-22-17-27-64(45-4,46-5)47-6)34-62-38-40(35-59-23-18-28-65(48-7,49-8)50-9,36-60-24-19-29-66(51-10,52-11)53-12)37-61-25-20-30-67(54-13,55-14)56-15;/h41H,16-38H2,1-15H3;. The first-order valence-electron chi connectivity index (χ1n) is 22.6. The molecule has 0 aromatic carbocycles. The second-order valence-corrected chi connectivity index (χ2v) is 31.4. The average Bonchev–Trinajstić information content (AvgIpc) is 3.37. The van der Waals surface area contributed by atoms with Crippen molar-refractivity contribution in [2.45, 2.75) is 62.3 Å². The molecule has 0 radical (unpaired) electrons. The van der Waals surface area contributed by atoms with Crippen LogP contribution in [0, 0.1) is 10.8 Å². The van der Waals surface area contributed by atoms with Crippen LogP contribution in [-0.4, -0.2) is 242 Å². The maximum atomic E-state index is 11.1. The van der Waals surface area contributed by atoms with Crippen molar-refractivity contribution in [1.29, 1.82) is 0 Å². The van der Waals surface area contributed by atoms with Gasteiger partial charge in [0.2, 0.25) is 0 Å². The van der Waals surface area contributed by atoms with Crippen LogP contribution in [0.3, 0.4) is 0 Å². The summed E-state index contributed by atoms with van der Waals surface area (Å²) in [5.41, 5.74) is -1.78. The van der Waals surface area contributed by atoms with Gasteiger partial charge in [-0.3, -0.25) is 0 Å². The first-order chi connectivity index (χ1) is 32.2. The Morgan fingerprint density at radius 3 is 0.603 bits per heavy atom. The topological polar surface area (TPSA) is 214 Å². The van der Waals surface area contributed by atoms with E-state index < -0.39 is 54.9 Å². The van der Waals surface area contributed by atoms with Gasteiger partial charge < -0.3 is 99.9 Å². The van der Waals surface area contributed by atoms with E-state index in [2.05, 4.69) is 0 Å². The molecular formula is C40H92O22Si5W. The minimum atomic E-state index is -2.82. The van der Waals surface area contributed by atoms with Gasteiger partial charge in [0.15, 0.2) is 0 Å². The molecular weight excluding hydrogens is 1160 g/mol. The van der Waals surface area contributed by atoms with Crippen LogP contribution in [0.5, 0.6) is 0 Å². The quantitative estimate of drug-likeness (QED) is 0.0683. The smallest absolute Gasteiger partial charge is 0.396 e. The Labute approximate surface area is 428 Å². The molecule has 410 valence electrons. The van der Waals surface area contributed by atoms with E-state index in [9.17, 15) is 5.11 Å². The fourth-order valence-corrected chi connectivity index (χ4v) is 15.6. The van der Waals surface area contributed by atoms with Crippen molar-refractivity contribution >= 4 is 44.0 Å². The molecule has 1 N–H and O–H groups in total. The molecule has 68 heavy (non-hydrogen) atoms. The average molecular weight is 1250 g/mol. The van der Waals surface area contributed by atoms with Crippen LogP contribution >= 0.6 is 0 Å². The van der Waals surface area contributed by atoms with E-state index in [0.717, 1.165) is 0 Å². The largest absolute Gasteiger partial charge is 0.500 e. The first-order valence-corrected chi connectivity index (χ1v) is 32.2. The Kier molecular flexibility index (Phi) is 42.0. The predicted octanol–water partition coefficient (Wildman–Crippen LogP) is 3.39. The SMILES string of the molecule is CO[Si](CCCOCC(CO)(COCCC[Si](OC)(OC)OC)COCC(COCCC[Si](OC)(OC)OC)(COCCC[Si](OC)(OC)OC)COCCC[Si](OC)(OC)OC)(OC)OC.[W]. The van der Waals surface area contributed by atoms with E-state index >= 15 is 0 Å². The van der Waals surface area contributed by atoms with Crippen LogP contribution in [0.15, 0.2) is 0 Å². The van der Waals surface area contributed by atoms with Gasteiger partial charge in [-0.1, -0.05) is 0 Å². The number of hydrogen-bond acceptors (Lipinski definition) is 22. The van der Waals surface area contributed by atoms with Crippen molar-refractivity contribution in [2.24, 2.45) is 10.8 Å². The second-order valence-electron chi connectivity index (χ2n) is 15.9. The number of aliphatic hydroxyl groups is 1. The van der Waals surface area contributed by atoms with Crippen LogP contribution < -0.4 is 0 Å². The predicted molar refractivity (Wildman–Crippen MR) is 258 cm³/mol. The zero-order valence-electron chi connectivity index (χ0n) is 44.2. The maximum absolute atomic E-state index is 11.1. The van der Waals surface area contributed by atoms with Gasteiger partial charge in [-0.2, -0.15) is 0 Å². The molecule has 0 saturated heterocycles. The molecule has 0 fully saturated rings. The van der Waals surface area contributed by atoms with Gasteiger partial charge >= 0.3 is 44.0 Å². The normalized spacial score (nSPS) is 13.4. The Hall–Kier alpha value is 0.893. The maximum Gasteiger partial charge on any atom is 0.500 e. The third-order valence-corrected chi connectivity index (χ3v) is 25.9. The molecule has 0 aliphatic rings. The summed E-state index contributed by atoms with van der Waals surface area (Å²) in [6.45, 7) is 2.65. The minimum Gasteiger partial charge on any atom is -0.396 e. The summed E-state index contributed by atoms with van der Waals surface area (Å²) in [6.07, 6.45) is 3.05. The van der Waals surface area contributed by atoms with E-state index in [1.165, 1.54) is 0 Å². The zero-order valence-corrected chi connectivity index (χ0v) is 52.1. The Balaban J connectivity index is 0. The zero-order chi connectivity index (χ0) is 50.6. The summed E-state index contributed by atoms with van der Waals surface area (Å²) in [5, 5.41) is 11.1. The van der Waals surface area contributed by atoms with Crippen molar-refractivity contribution in [1.82, 2.24) is 0 Å². The van der Waals surface area contributed by atoms with Crippen molar-refractivity contribution in [3.05, 3.63) is 0 Å². The fraction of sp³-hybridized carbons (Fsp3) is 1.00. The molecule has 0 spiro atoms. The van der Waals surface area contributed by atoms with Crippen LogP contribution in [-0.2, 0) is 116 Å². The van der Waals surface area contributed by atoms with Crippen LogP contribution in [0.1, 0.15) is 32.1 Å². The molecule has 28 heteroatoms. The monoisotopic (exact) mass is 1250 g/mol. The molecule has 0 heterocycles. The van der Waals surface area contributed by atoms with Gasteiger partial charge in [-0.05, 0) is 32.1 Å². The van der Waals surface area contributed by atoms with Gasteiger partial charge in [-0.25, -0.2) is 0 Å². The van der Waals surface area contributed by atoms with Crippen LogP contribution in [0.4, 0.5) is 0 Å². The van der Waals surface area contributed by atoms with Gasteiger partial charge in [-0.15, -0.1) is 0 Å². The number of ether oxygens (including phenoxy) is 6. The minimum absolute atomic E-state index is 0. The van der Waals surface area contributed by atoms with Crippen LogP contribution in [0.2, 0.25) is 30.2 Å². The van der Waals surface area contributed by atoms with Crippen molar-refractivity contribution in [2.75, 3.05) is 193 Å². The van der Waals surface area contributed by atoms with Crippen molar-refractivity contribution < 1.29 is 121 Å². The Bertz CT molecular complexity index is 1020. The van der Waals surface area contributed by atoms with Crippen molar-refractivity contribution in [3.63, 3.8) is 0 Å². The van der Waals surface area contributed by atoms with E-state index in [-0.39, 0.29) is 73.9 Å². The molecule has 0 aliphatic carbocycles. The summed E-state index contributed by atoms with van der Waals surface area (Å²) in [5.74, 6) is 0. The molecule has 0 atom stereocenters. The summed E-state index contributed by atoms with van der Waals surface area (Å²) < 4.78 is 123. The second kappa shape index (κ2) is 40.2. The molecule has 0 aromatic heterocycles. The molecule has 0 aliphatic heterocycles. The molecule has 0 unspecified atom stereocenters. The van der Waals surface area contributed by atoms with Gasteiger partial charge in [0.05, 0.1) is 63.7 Å². The summed E-state index contributed by atoms with van der Waals surface area (Å²) in [4.78, 5) is 0. The molecule has 0 saturated carbocycles. The van der Waals surface area contributed by atoms with E-state index in [0.29, 0.717) is 95.4 Å². The number of hydrogen-bond donors (Lipinski definition) is 1. The molecule has 0 rings (SSSR count). The van der Waals surface area contributed by atoms with Crippen LogP contribution in [0.25, 0.3) is 0 Å². The number of rotatable bonds is 50. The summed E-state index contributed by atoms with van der Waals surface area (Å²) >= 11 is 0. The molecule has 22 nitrogen and oxygen atoms in total. The molecule has 0 amide bonds. The van der Waals surface area contributed by atoms with Gasteiger partial charge in [0, 0.05) is 191 Å². The summed E-state index contributed by atoms with van der Waals surface area (Å²) in [7, 11) is 9.65. The van der Waals surface area contributed by atoms with Crippen molar-refractivity contribution in [3.8, 4) is 0 Å². The third-order valence-electron chi connectivity index (χ3n) is 11.7. The third kappa shape index (κ3) is 25.4. The van der Waals surface area contributed by atoms with Gasteiger partial charge in [0.1, 0.15) is 0 Å². The first kappa shape index (κ1) is 71.0. The van der Waals surface area contributed by atoms with E-state index in [4.69, 9.17) is 94.8 Å². The summed E-state index contributed by atoms with van der Waals surface area (Å²) in [6, 6.07) is 2.75. The fourth-order valence-electron chi connectivity index (χ4n) is 7.17. The Morgan fingerprint density at radius 2 is 0.426 bits per heavy atom. The van der Waals surface area contributed by atoms with E-state index in [1.807, 2.05) is 0 Å². The molecule has 0 bridgehead atoms. The van der Waals surface area contributed by atoms with E-state index in [1.54, 1.807) is 107 Å².